The molecule has 4 nitrogen and oxygen atoms in total. The molecule has 0 spiro atoms. The summed E-state index contributed by atoms with van der Waals surface area (Å²) < 4.78 is 1.83. The van der Waals surface area contributed by atoms with Crippen LogP contribution in [0.1, 0.15) is 52.3 Å². The van der Waals surface area contributed by atoms with Gasteiger partial charge in [0, 0.05) is 0 Å². The van der Waals surface area contributed by atoms with Gasteiger partial charge in [0.05, 0.1) is 17.1 Å². The molecule has 0 atom stereocenters. The molecule has 0 aliphatic rings. The van der Waals surface area contributed by atoms with Crippen molar-refractivity contribution >= 4 is 5.97 Å². The van der Waals surface area contributed by atoms with Crippen molar-refractivity contribution in [3.8, 4) is 5.69 Å². The minimum absolute atomic E-state index is 0.361. The summed E-state index contributed by atoms with van der Waals surface area (Å²) in [6.45, 7) is 10.1. The van der Waals surface area contributed by atoms with Gasteiger partial charge >= 0.3 is 5.97 Å². The number of hydrogen-bond acceptors (Lipinski definition) is 2. The lowest BCUT2D eigenvalue weighted by atomic mass is 10.0. The number of carboxylic acid groups (broad SMARTS) is 1. The van der Waals surface area contributed by atoms with E-state index in [0.29, 0.717) is 24.1 Å². The third-order valence-electron chi connectivity index (χ3n) is 3.78. The largest absolute Gasteiger partial charge is 0.478 e. The van der Waals surface area contributed by atoms with Gasteiger partial charge in [-0.15, -0.1) is 0 Å². The Morgan fingerprint density at radius 2 is 1.71 bits per heavy atom. The van der Waals surface area contributed by atoms with E-state index in [2.05, 4.69) is 24.2 Å². The first kappa shape index (κ1) is 15.3. The summed E-state index contributed by atoms with van der Waals surface area (Å²) in [5.74, 6) is -0.891. The van der Waals surface area contributed by atoms with Gasteiger partial charge in [-0.05, 0) is 44.7 Å². The predicted octanol–water partition coefficient (Wildman–Crippen LogP) is 3.62. The molecule has 4 heteroatoms. The molecule has 0 radical (unpaired) electrons. The second kappa shape index (κ2) is 5.72. The lowest BCUT2D eigenvalue weighted by Gasteiger charge is -2.14. The molecule has 0 aliphatic carbocycles. The van der Waals surface area contributed by atoms with Crippen molar-refractivity contribution in [2.24, 2.45) is 0 Å². The first-order valence-electron chi connectivity index (χ1n) is 7.32. The average Bonchev–Trinajstić information content (AvgIpc) is 2.76. The monoisotopic (exact) mass is 286 g/mol. The maximum absolute atomic E-state index is 11.6. The highest BCUT2D eigenvalue weighted by atomic mass is 16.4. The fraction of sp³-hybridized carbons (Fsp3) is 0.412. The van der Waals surface area contributed by atoms with E-state index in [1.165, 1.54) is 5.56 Å². The molecule has 2 aromatic rings. The first-order valence-corrected chi connectivity index (χ1v) is 7.32. The van der Waals surface area contributed by atoms with Gasteiger partial charge in [-0.3, -0.25) is 0 Å². The second-order valence-corrected chi connectivity index (χ2v) is 5.44. The summed E-state index contributed by atoms with van der Waals surface area (Å²) in [4.78, 5) is 11.6. The van der Waals surface area contributed by atoms with Crippen molar-refractivity contribution in [3.63, 3.8) is 0 Å². The molecule has 0 aliphatic heterocycles. The van der Waals surface area contributed by atoms with Crippen LogP contribution in [0, 0.1) is 20.8 Å². The molecular weight excluding hydrogens is 264 g/mol. The molecule has 112 valence electrons. The van der Waals surface area contributed by atoms with Crippen molar-refractivity contribution in [3.05, 3.63) is 45.8 Å². The molecule has 0 fully saturated rings. The maximum Gasteiger partial charge on any atom is 0.339 e. The number of aryl methyl sites for hydroxylation is 4. The van der Waals surface area contributed by atoms with Crippen LogP contribution in [0.4, 0.5) is 0 Å². The van der Waals surface area contributed by atoms with Gasteiger partial charge < -0.3 is 5.11 Å². The van der Waals surface area contributed by atoms with E-state index in [1.54, 1.807) is 0 Å². The highest BCUT2D eigenvalue weighted by Gasteiger charge is 2.23. The highest BCUT2D eigenvalue weighted by molar-refractivity contribution is 5.90. The van der Waals surface area contributed by atoms with Crippen LogP contribution in [0.3, 0.4) is 0 Å². The zero-order chi connectivity index (χ0) is 15.7. The number of aromatic nitrogens is 2. The molecule has 1 aromatic carbocycles. The molecule has 21 heavy (non-hydrogen) atoms. The highest BCUT2D eigenvalue weighted by Crippen LogP contribution is 2.26. The minimum atomic E-state index is -0.891. The Morgan fingerprint density at radius 3 is 2.14 bits per heavy atom. The van der Waals surface area contributed by atoms with E-state index in [4.69, 9.17) is 0 Å². The van der Waals surface area contributed by atoms with Crippen molar-refractivity contribution < 1.29 is 9.90 Å². The smallest absolute Gasteiger partial charge is 0.339 e. The van der Waals surface area contributed by atoms with Crippen LogP contribution < -0.4 is 0 Å². The minimum Gasteiger partial charge on any atom is -0.478 e. The van der Waals surface area contributed by atoms with Crippen LogP contribution in [-0.2, 0) is 12.8 Å². The zero-order valence-electron chi connectivity index (χ0n) is 13.3. The number of carbonyl (C=O) groups is 1. The van der Waals surface area contributed by atoms with E-state index in [1.807, 2.05) is 32.4 Å². The number of nitrogens with zero attached hydrogens (tertiary/aromatic N) is 2. The number of aromatic carboxylic acids is 1. The van der Waals surface area contributed by atoms with Crippen molar-refractivity contribution in [2.45, 2.75) is 47.5 Å². The third-order valence-corrected chi connectivity index (χ3v) is 3.78. The van der Waals surface area contributed by atoms with Crippen LogP contribution >= 0.6 is 0 Å². The van der Waals surface area contributed by atoms with Crippen molar-refractivity contribution in [2.75, 3.05) is 0 Å². The summed E-state index contributed by atoms with van der Waals surface area (Å²) in [7, 11) is 0. The lowest BCUT2D eigenvalue weighted by molar-refractivity contribution is 0.0694. The Morgan fingerprint density at radius 1 is 1.14 bits per heavy atom. The molecule has 0 unspecified atom stereocenters. The summed E-state index contributed by atoms with van der Waals surface area (Å²) in [5, 5.41) is 14.1. The van der Waals surface area contributed by atoms with Crippen molar-refractivity contribution in [1.29, 1.82) is 0 Å². The van der Waals surface area contributed by atoms with E-state index in [0.717, 1.165) is 22.5 Å². The van der Waals surface area contributed by atoms with Gasteiger partial charge in [0.1, 0.15) is 5.56 Å². The Balaban J connectivity index is 2.79. The normalized spacial score (nSPS) is 10.9. The number of benzene rings is 1. The van der Waals surface area contributed by atoms with E-state index < -0.39 is 5.97 Å². The summed E-state index contributed by atoms with van der Waals surface area (Å²) in [6.07, 6.45) is 1.26. The van der Waals surface area contributed by atoms with Gasteiger partial charge in [0.15, 0.2) is 0 Å². The van der Waals surface area contributed by atoms with E-state index in [9.17, 15) is 9.90 Å². The van der Waals surface area contributed by atoms with Crippen LogP contribution in [0.25, 0.3) is 5.69 Å². The summed E-state index contributed by atoms with van der Waals surface area (Å²) in [6, 6.07) is 4.21. The van der Waals surface area contributed by atoms with E-state index in [-0.39, 0.29) is 0 Å². The Hall–Kier alpha value is -2.10. The molecule has 1 N–H and O–H groups in total. The summed E-state index contributed by atoms with van der Waals surface area (Å²) >= 11 is 0. The van der Waals surface area contributed by atoms with E-state index >= 15 is 0 Å². The molecule has 0 saturated heterocycles. The standard InChI is InChI=1S/C17H22N2O2/c1-6-13-15(17(20)21)14(7-2)19(18-13)16-11(4)8-10(3)9-12(16)5/h8-9H,6-7H2,1-5H3,(H,20,21). The fourth-order valence-corrected chi connectivity index (χ4v) is 3.02. The van der Waals surface area contributed by atoms with Crippen molar-refractivity contribution in [1.82, 2.24) is 9.78 Å². The van der Waals surface area contributed by atoms with Gasteiger partial charge in [-0.25, -0.2) is 9.48 Å². The third kappa shape index (κ3) is 2.58. The fourth-order valence-electron chi connectivity index (χ4n) is 3.02. The Kier molecular flexibility index (Phi) is 4.16. The van der Waals surface area contributed by atoms with Gasteiger partial charge in [-0.1, -0.05) is 31.5 Å². The molecule has 0 amide bonds. The van der Waals surface area contributed by atoms with Crippen LogP contribution in [0.2, 0.25) is 0 Å². The average molecular weight is 286 g/mol. The molecular formula is C17H22N2O2. The summed E-state index contributed by atoms with van der Waals surface area (Å²) in [5.41, 5.74) is 6.22. The van der Waals surface area contributed by atoms with Crippen LogP contribution in [0.5, 0.6) is 0 Å². The van der Waals surface area contributed by atoms with Crippen LogP contribution in [0.15, 0.2) is 12.1 Å². The lowest BCUT2D eigenvalue weighted by Crippen LogP contribution is -2.08. The molecule has 0 saturated carbocycles. The van der Waals surface area contributed by atoms with Gasteiger partial charge in [-0.2, -0.15) is 5.10 Å². The number of rotatable bonds is 4. The first-order chi connectivity index (χ1) is 9.90. The molecule has 1 aromatic heterocycles. The number of carboxylic acids is 1. The van der Waals surface area contributed by atoms with Gasteiger partial charge in [0.25, 0.3) is 0 Å². The Bertz CT molecular complexity index is 676. The SMILES string of the molecule is CCc1nn(-c2c(C)cc(C)cc2C)c(CC)c1C(=O)O. The predicted molar refractivity (Wildman–Crippen MR) is 83.5 cm³/mol. The number of hydrogen-bond donors (Lipinski definition) is 1. The topological polar surface area (TPSA) is 55.1 Å². The van der Waals surface area contributed by atoms with Gasteiger partial charge in [0.2, 0.25) is 0 Å². The Labute approximate surface area is 125 Å². The molecule has 1 heterocycles. The zero-order valence-corrected chi connectivity index (χ0v) is 13.3. The second-order valence-electron chi connectivity index (χ2n) is 5.44. The van der Waals surface area contributed by atoms with Crippen LogP contribution in [-0.4, -0.2) is 20.9 Å². The molecule has 0 bridgehead atoms. The molecule has 2 rings (SSSR count). The maximum atomic E-state index is 11.6. The quantitative estimate of drug-likeness (QED) is 0.934.